The molecular formula is C16H17N3O. The second kappa shape index (κ2) is 6.10. The summed E-state index contributed by atoms with van der Waals surface area (Å²) in [5.74, 6) is -0.115. The van der Waals surface area contributed by atoms with Crippen molar-refractivity contribution in [2.24, 2.45) is 0 Å². The molecule has 1 aromatic heterocycles. The number of hydrogen-bond donors (Lipinski definition) is 1. The maximum atomic E-state index is 11.2. The maximum Gasteiger partial charge on any atom is 0.243 e. The van der Waals surface area contributed by atoms with E-state index >= 15 is 0 Å². The zero-order chi connectivity index (χ0) is 14.5. The molecule has 0 atom stereocenters. The van der Waals surface area contributed by atoms with E-state index in [2.05, 4.69) is 15.5 Å². The van der Waals surface area contributed by atoms with Gasteiger partial charge in [0.05, 0.1) is 11.4 Å². The Morgan fingerprint density at radius 3 is 2.55 bits per heavy atom. The van der Waals surface area contributed by atoms with E-state index in [1.165, 1.54) is 6.08 Å². The van der Waals surface area contributed by atoms with E-state index in [9.17, 15) is 4.79 Å². The van der Waals surface area contributed by atoms with Crippen LogP contribution >= 0.6 is 0 Å². The van der Waals surface area contributed by atoms with Gasteiger partial charge >= 0.3 is 0 Å². The molecule has 0 fully saturated rings. The lowest BCUT2D eigenvalue weighted by Gasteiger charge is -2.06. The molecule has 1 amide bonds. The van der Waals surface area contributed by atoms with Crippen LogP contribution in [0.4, 0.5) is 0 Å². The molecule has 0 saturated heterocycles. The van der Waals surface area contributed by atoms with Gasteiger partial charge < -0.3 is 5.32 Å². The monoisotopic (exact) mass is 267 g/mol. The minimum absolute atomic E-state index is 0.115. The molecule has 1 N–H and O–H groups in total. The van der Waals surface area contributed by atoms with Crippen molar-refractivity contribution in [3.63, 3.8) is 0 Å². The number of aromatic nitrogens is 2. The lowest BCUT2D eigenvalue weighted by atomic mass is 10.0. The number of carbonyl (C=O) groups is 1. The van der Waals surface area contributed by atoms with Crippen LogP contribution in [0.15, 0.2) is 36.4 Å². The molecule has 4 heteroatoms. The molecule has 0 bridgehead atoms. The van der Waals surface area contributed by atoms with Gasteiger partial charge in [-0.1, -0.05) is 18.2 Å². The van der Waals surface area contributed by atoms with Gasteiger partial charge in [-0.2, -0.15) is 10.2 Å². The average molecular weight is 267 g/mol. The van der Waals surface area contributed by atoms with Gasteiger partial charge in [0.25, 0.3) is 0 Å². The summed E-state index contributed by atoms with van der Waals surface area (Å²) in [5.41, 5.74) is 4.89. The molecule has 0 unspecified atom stereocenters. The van der Waals surface area contributed by atoms with Gasteiger partial charge in [-0.3, -0.25) is 4.79 Å². The number of amides is 1. The van der Waals surface area contributed by atoms with E-state index in [0.717, 1.165) is 28.1 Å². The zero-order valence-corrected chi connectivity index (χ0v) is 11.8. The summed E-state index contributed by atoms with van der Waals surface area (Å²) in [6, 6.07) is 9.89. The number of carbonyl (C=O) groups excluding carboxylic acids is 1. The van der Waals surface area contributed by atoms with E-state index < -0.39 is 0 Å². The first-order valence-corrected chi connectivity index (χ1v) is 6.41. The highest BCUT2D eigenvalue weighted by Crippen LogP contribution is 2.22. The van der Waals surface area contributed by atoms with Crippen LogP contribution in [0.3, 0.4) is 0 Å². The number of benzene rings is 1. The van der Waals surface area contributed by atoms with Crippen molar-refractivity contribution in [1.82, 2.24) is 15.5 Å². The zero-order valence-electron chi connectivity index (χ0n) is 11.8. The van der Waals surface area contributed by atoms with Gasteiger partial charge in [-0.15, -0.1) is 0 Å². The van der Waals surface area contributed by atoms with Crippen molar-refractivity contribution in [2.75, 3.05) is 7.05 Å². The Hall–Kier alpha value is -2.49. The minimum atomic E-state index is -0.115. The third-order valence-corrected chi connectivity index (χ3v) is 3.00. The Labute approximate surface area is 118 Å². The van der Waals surface area contributed by atoms with E-state index in [-0.39, 0.29) is 5.91 Å². The van der Waals surface area contributed by atoms with Crippen molar-refractivity contribution in [1.29, 1.82) is 0 Å². The Morgan fingerprint density at radius 2 is 1.95 bits per heavy atom. The van der Waals surface area contributed by atoms with Crippen molar-refractivity contribution in [3.8, 4) is 11.3 Å². The second-order valence-electron chi connectivity index (χ2n) is 4.58. The van der Waals surface area contributed by atoms with Gasteiger partial charge in [-0.25, -0.2) is 0 Å². The highest BCUT2D eigenvalue weighted by molar-refractivity contribution is 5.91. The lowest BCUT2D eigenvalue weighted by molar-refractivity contribution is -0.115. The molecule has 0 radical (unpaired) electrons. The number of aryl methyl sites for hydroxylation is 2. The first-order valence-electron chi connectivity index (χ1n) is 6.41. The highest BCUT2D eigenvalue weighted by Gasteiger charge is 2.04. The molecule has 102 valence electrons. The highest BCUT2D eigenvalue weighted by atomic mass is 16.1. The number of rotatable bonds is 3. The van der Waals surface area contributed by atoms with Crippen LogP contribution in [0.5, 0.6) is 0 Å². The van der Waals surface area contributed by atoms with Crippen LogP contribution in [0.25, 0.3) is 17.3 Å². The molecule has 0 aliphatic heterocycles. The van der Waals surface area contributed by atoms with Gasteiger partial charge in [-0.05, 0) is 43.2 Å². The molecule has 2 aromatic rings. The fourth-order valence-electron chi connectivity index (χ4n) is 1.88. The molecule has 0 aliphatic rings. The molecule has 0 saturated carbocycles. The Kier molecular flexibility index (Phi) is 4.25. The first-order chi connectivity index (χ1) is 9.60. The maximum absolute atomic E-state index is 11.2. The fourth-order valence-corrected chi connectivity index (χ4v) is 1.88. The molecule has 20 heavy (non-hydrogen) atoms. The van der Waals surface area contributed by atoms with Gasteiger partial charge in [0.15, 0.2) is 0 Å². The van der Waals surface area contributed by atoms with Crippen LogP contribution in [0, 0.1) is 13.8 Å². The third-order valence-electron chi connectivity index (χ3n) is 3.00. The van der Waals surface area contributed by atoms with Crippen LogP contribution in [-0.4, -0.2) is 23.2 Å². The Morgan fingerprint density at radius 1 is 1.15 bits per heavy atom. The van der Waals surface area contributed by atoms with Gasteiger partial charge in [0.1, 0.15) is 0 Å². The summed E-state index contributed by atoms with van der Waals surface area (Å²) in [5, 5.41) is 10.8. The fraction of sp³-hybridized carbons (Fsp3) is 0.188. The molecule has 0 aliphatic carbocycles. The number of nitrogens with zero attached hydrogens (tertiary/aromatic N) is 2. The number of hydrogen-bond acceptors (Lipinski definition) is 3. The van der Waals surface area contributed by atoms with Crippen molar-refractivity contribution >= 4 is 12.0 Å². The quantitative estimate of drug-likeness (QED) is 0.869. The summed E-state index contributed by atoms with van der Waals surface area (Å²) in [6.45, 7) is 3.93. The number of nitrogens with one attached hydrogen (secondary N) is 1. The van der Waals surface area contributed by atoms with Crippen molar-refractivity contribution in [3.05, 3.63) is 53.2 Å². The van der Waals surface area contributed by atoms with Crippen LogP contribution in [0.2, 0.25) is 0 Å². The van der Waals surface area contributed by atoms with Crippen LogP contribution < -0.4 is 5.32 Å². The smallest absolute Gasteiger partial charge is 0.243 e. The van der Waals surface area contributed by atoms with Crippen LogP contribution in [0.1, 0.15) is 16.8 Å². The van der Waals surface area contributed by atoms with Crippen molar-refractivity contribution < 1.29 is 4.79 Å². The lowest BCUT2D eigenvalue weighted by Crippen LogP contribution is -2.13. The molecular weight excluding hydrogens is 250 g/mol. The summed E-state index contributed by atoms with van der Waals surface area (Å²) < 4.78 is 0. The molecule has 0 spiro atoms. The van der Waals surface area contributed by atoms with E-state index in [0.29, 0.717) is 0 Å². The predicted molar refractivity (Wildman–Crippen MR) is 80.0 cm³/mol. The molecule has 1 aromatic carbocycles. The summed E-state index contributed by atoms with van der Waals surface area (Å²) in [4.78, 5) is 11.2. The Bertz CT molecular complexity index is 645. The molecule has 4 nitrogen and oxygen atoms in total. The summed E-state index contributed by atoms with van der Waals surface area (Å²) in [7, 11) is 1.61. The van der Waals surface area contributed by atoms with Crippen molar-refractivity contribution in [2.45, 2.75) is 13.8 Å². The second-order valence-corrected chi connectivity index (χ2v) is 4.58. The third kappa shape index (κ3) is 3.29. The van der Waals surface area contributed by atoms with E-state index in [1.807, 2.05) is 44.2 Å². The van der Waals surface area contributed by atoms with Gasteiger partial charge in [0.2, 0.25) is 5.91 Å². The van der Waals surface area contributed by atoms with Gasteiger partial charge in [0, 0.05) is 18.7 Å². The normalized spacial score (nSPS) is 10.8. The molecule has 1 heterocycles. The standard InChI is InChI=1S/C16H17N3O/c1-11-10-13(6-9-16(20)17-3)5-7-14(11)15-8-4-12(2)18-19-15/h4-10H,1-3H3,(H,17,20)/b9-6+. The first kappa shape index (κ1) is 13.9. The molecule has 2 rings (SSSR count). The summed E-state index contributed by atoms with van der Waals surface area (Å²) >= 11 is 0. The van der Waals surface area contributed by atoms with Crippen LogP contribution in [-0.2, 0) is 4.79 Å². The minimum Gasteiger partial charge on any atom is -0.356 e. The topological polar surface area (TPSA) is 54.9 Å². The van der Waals surface area contributed by atoms with E-state index in [4.69, 9.17) is 0 Å². The SMILES string of the molecule is CNC(=O)/C=C/c1ccc(-c2ccc(C)nn2)c(C)c1. The average Bonchev–Trinajstić information content (AvgIpc) is 2.46. The Balaban J connectivity index is 2.28. The van der Waals surface area contributed by atoms with E-state index in [1.54, 1.807) is 13.1 Å². The number of likely N-dealkylation sites (N-methyl/N-ethyl adjacent to an activating group) is 1. The largest absolute Gasteiger partial charge is 0.356 e. The predicted octanol–water partition coefficient (Wildman–Crippen LogP) is 2.52. The summed E-state index contributed by atoms with van der Waals surface area (Å²) in [6.07, 6.45) is 3.30.